The maximum Gasteiger partial charge on any atom is 0.101 e. The molecule has 1 fully saturated rings. The van der Waals surface area contributed by atoms with Gasteiger partial charge in [-0.1, -0.05) is 22.9 Å². The number of hydrogen-bond acceptors (Lipinski definition) is 4. The first-order valence-electron chi connectivity index (χ1n) is 6.15. The van der Waals surface area contributed by atoms with E-state index >= 15 is 0 Å². The van der Waals surface area contributed by atoms with Crippen molar-refractivity contribution in [1.29, 1.82) is 0 Å². The molecule has 1 aliphatic heterocycles. The number of nitrogens with one attached hydrogen (secondary N) is 1. The van der Waals surface area contributed by atoms with E-state index in [1.165, 1.54) is 9.71 Å². The lowest BCUT2D eigenvalue weighted by molar-refractivity contribution is 0.188. The molecule has 0 bridgehead atoms. The van der Waals surface area contributed by atoms with Crippen LogP contribution in [-0.4, -0.2) is 30.8 Å². The number of likely N-dealkylation sites (N-methyl/N-ethyl adjacent to an activating group) is 1. The Labute approximate surface area is 119 Å². The third kappa shape index (κ3) is 2.32. The fourth-order valence-electron chi connectivity index (χ4n) is 2.34. The molecule has 0 spiro atoms. The molecular weight excluding hydrogens is 312 g/mol. The predicted molar refractivity (Wildman–Crippen MR) is 78.3 cm³/mol. The lowest BCUT2D eigenvalue weighted by Crippen LogP contribution is -2.34. The average molecular weight is 327 g/mol. The maximum atomic E-state index is 5.59. The van der Waals surface area contributed by atoms with Gasteiger partial charge in [0.15, 0.2) is 0 Å². The van der Waals surface area contributed by atoms with Gasteiger partial charge in [0, 0.05) is 10.5 Å². The number of thiazole rings is 1. The number of ether oxygens (including phenoxy) is 1. The Morgan fingerprint density at radius 3 is 3.22 bits per heavy atom. The standard InChI is InChI=1S/C13H15BrN2OS/c1-2-15-11-7-17-6-9(11)13-16-10-5-8(14)3-4-12(10)18-13/h3-5,9,11,15H,2,6-7H2,1H3. The SMILES string of the molecule is CCNC1COCC1c1nc2cc(Br)ccc2s1. The molecule has 96 valence electrons. The maximum absolute atomic E-state index is 5.59. The Balaban J connectivity index is 1.93. The molecule has 3 rings (SSSR count). The summed E-state index contributed by atoms with van der Waals surface area (Å²) in [6.45, 7) is 4.67. The van der Waals surface area contributed by atoms with Gasteiger partial charge in [-0.25, -0.2) is 4.98 Å². The van der Waals surface area contributed by atoms with E-state index in [0.29, 0.717) is 12.0 Å². The van der Waals surface area contributed by atoms with Gasteiger partial charge in [-0.05, 0) is 24.7 Å². The molecule has 1 N–H and O–H groups in total. The fourth-order valence-corrected chi connectivity index (χ4v) is 3.79. The molecule has 5 heteroatoms. The topological polar surface area (TPSA) is 34.1 Å². The molecular formula is C13H15BrN2OS. The highest BCUT2D eigenvalue weighted by atomic mass is 79.9. The van der Waals surface area contributed by atoms with E-state index in [0.717, 1.165) is 29.7 Å². The molecule has 0 aliphatic carbocycles. The number of rotatable bonds is 3. The zero-order chi connectivity index (χ0) is 12.5. The van der Waals surface area contributed by atoms with Crippen molar-refractivity contribution in [1.82, 2.24) is 10.3 Å². The van der Waals surface area contributed by atoms with Gasteiger partial charge in [-0.15, -0.1) is 11.3 Å². The summed E-state index contributed by atoms with van der Waals surface area (Å²) in [5.41, 5.74) is 1.08. The summed E-state index contributed by atoms with van der Waals surface area (Å²) < 4.78 is 7.92. The summed E-state index contributed by atoms with van der Waals surface area (Å²) in [5.74, 6) is 0.390. The van der Waals surface area contributed by atoms with Crippen molar-refractivity contribution in [3.63, 3.8) is 0 Å². The first kappa shape index (κ1) is 12.5. The summed E-state index contributed by atoms with van der Waals surface area (Å²) >= 11 is 5.27. The van der Waals surface area contributed by atoms with E-state index in [1.807, 2.05) is 0 Å². The third-order valence-electron chi connectivity index (χ3n) is 3.23. The zero-order valence-electron chi connectivity index (χ0n) is 10.1. The monoisotopic (exact) mass is 326 g/mol. The number of nitrogens with zero attached hydrogens (tertiary/aromatic N) is 1. The van der Waals surface area contributed by atoms with Crippen LogP contribution in [-0.2, 0) is 4.74 Å². The molecule has 1 aliphatic rings. The molecule has 3 nitrogen and oxygen atoms in total. The molecule has 1 aromatic heterocycles. The zero-order valence-corrected chi connectivity index (χ0v) is 12.6. The first-order valence-corrected chi connectivity index (χ1v) is 7.76. The predicted octanol–water partition coefficient (Wildman–Crippen LogP) is 3.15. The van der Waals surface area contributed by atoms with Gasteiger partial charge < -0.3 is 10.1 Å². The summed E-state index contributed by atoms with van der Waals surface area (Å²) in [7, 11) is 0. The van der Waals surface area contributed by atoms with Gasteiger partial charge in [-0.2, -0.15) is 0 Å². The van der Waals surface area contributed by atoms with Crippen molar-refractivity contribution in [2.45, 2.75) is 18.9 Å². The number of halogens is 1. The molecule has 0 amide bonds. The van der Waals surface area contributed by atoms with Crippen LogP contribution in [0.2, 0.25) is 0 Å². The minimum atomic E-state index is 0.390. The molecule has 1 aromatic carbocycles. The van der Waals surface area contributed by atoms with Crippen molar-refractivity contribution in [3.05, 3.63) is 27.7 Å². The smallest absolute Gasteiger partial charge is 0.101 e. The van der Waals surface area contributed by atoms with E-state index in [9.17, 15) is 0 Å². The number of aromatic nitrogens is 1. The summed E-state index contributed by atoms with van der Waals surface area (Å²) in [6.07, 6.45) is 0. The highest BCUT2D eigenvalue weighted by Crippen LogP contribution is 2.33. The van der Waals surface area contributed by atoms with Crippen molar-refractivity contribution in [2.75, 3.05) is 19.8 Å². The molecule has 18 heavy (non-hydrogen) atoms. The fraction of sp³-hybridized carbons (Fsp3) is 0.462. The summed E-state index contributed by atoms with van der Waals surface area (Å²) in [5, 5.41) is 4.67. The minimum absolute atomic E-state index is 0.390. The number of hydrogen-bond donors (Lipinski definition) is 1. The largest absolute Gasteiger partial charge is 0.379 e. The molecule has 0 radical (unpaired) electrons. The number of benzene rings is 1. The van der Waals surface area contributed by atoms with Crippen molar-refractivity contribution < 1.29 is 4.74 Å². The Hall–Kier alpha value is -0.490. The van der Waals surface area contributed by atoms with Gasteiger partial charge in [0.05, 0.1) is 29.3 Å². The molecule has 2 unspecified atom stereocenters. The van der Waals surface area contributed by atoms with Crippen LogP contribution in [0, 0.1) is 0 Å². The van der Waals surface area contributed by atoms with Crippen LogP contribution in [0.25, 0.3) is 10.2 Å². The lowest BCUT2D eigenvalue weighted by atomic mass is 10.1. The van der Waals surface area contributed by atoms with Crippen LogP contribution in [0.3, 0.4) is 0 Å². The van der Waals surface area contributed by atoms with Gasteiger partial charge in [0.25, 0.3) is 0 Å². The molecule has 2 aromatic rings. The van der Waals surface area contributed by atoms with Crippen LogP contribution in [0.4, 0.5) is 0 Å². The van der Waals surface area contributed by atoms with Crippen LogP contribution >= 0.6 is 27.3 Å². The normalized spacial score (nSPS) is 23.9. The van der Waals surface area contributed by atoms with Gasteiger partial charge >= 0.3 is 0 Å². The lowest BCUT2D eigenvalue weighted by Gasteiger charge is -2.15. The Morgan fingerprint density at radius 2 is 2.39 bits per heavy atom. The first-order chi connectivity index (χ1) is 8.78. The molecule has 2 atom stereocenters. The summed E-state index contributed by atoms with van der Waals surface area (Å²) in [6, 6.07) is 6.67. The molecule has 1 saturated heterocycles. The number of fused-ring (bicyclic) bond motifs is 1. The van der Waals surface area contributed by atoms with Gasteiger partial charge in [0.1, 0.15) is 5.01 Å². The molecule has 0 saturated carbocycles. The van der Waals surface area contributed by atoms with E-state index in [2.05, 4.69) is 46.4 Å². The Morgan fingerprint density at radius 1 is 1.50 bits per heavy atom. The van der Waals surface area contributed by atoms with Crippen LogP contribution in [0.5, 0.6) is 0 Å². The highest BCUT2D eigenvalue weighted by Gasteiger charge is 2.31. The Kier molecular flexibility index (Phi) is 3.66. The second-order valence-electron chi connectivity index (χ2n) is 4.47. The van der Waals surface area contributed by atoms with E-state index in [4.69, 9.17) is 9.72 Å². The molecule has 2 heterocycles. The van der Waals surface area contributed by atoms with Crippen LogP contribution in [0.1, 0.15) is 17.8 Å². The highest BCUT2D eigenvalue weighted by molar-refractivity contribution is 9.10. The second-order valence-corrected chi connectivity index (χ2v) is 6.45. The quantitative estimate of drug-likeness (QED) is 0.940. The Bertz CT molecular complexity index is 557. The van der Waals surface area contributed by atoms with E-state index in [-0.39, 0.29) is 0 Å². The van der Waals surface area contributed by atoms with Crippen molar-refractivity contribution >= 4 is 37.5 Å². The van der Waals surface area contributed by atoms with Crippen LogP contribution < -0.4 is 5.32 Å². The van der Waals surface area contributed by atoms with Crippen molar-refractivity contribution in [2.24, 2.45) is 0 Å². The summed E-state index contributed by atoms with van der Waals surface area (Å²) in [4.78, 5) is 4.76. The third-order valence-corrected chi connectivity index (χ3v) is 4.89. The van der Waals surface area contributed by atoms with Crippen LogP contribution in [0.15, 0.2) is 22.7 Å². The second kappa shape index (κ2) is 5.25. The van der Waals surface area contributed by atoms with E-state index in [1.54, 1.807) is 11.3 Å². The average Bonchev–Trinajstić information content (AvgIpc) is 2.94. The van der Waals surface area contributed by atoms with Gasteiger partial charge in [-0.3, -0.25) is 0 Å². The minimum Gasteiger partial charge on any atom is -0.379 e. The van der Waals surface area contributed by atoms with E-state index < -0.39 is 0 Å². The van der Waals surface area contributed by atoms with Crippen molar-refractivity contribution in [3.8, 4) is 0 Å². The van der Waals surface area contributed by atoms with Gasteiger partial charge in [0.2, 0.25) is 0 Å².